The smallest absolute Gasteiger partial charge is 0.0522 e. The number of hydrazine groups is 1. The van der Waals surface area contributed by atoms with Gasteiger partial charge in [0.2, 0.25) is 0 Å². The number of hydrogen-bond acceptors (Lipinski definition) is 3. The summed E-state index contributed by atoms with van der Waals surface area (Å²) in [7, 11) is 0. The van der Waals surface area contributed by atoms with E-state index in [1.165, 1.54) is 31.2 Å². The fourth-order valence-electron chi connectivity index (χ4n) is 2.46. The Balaban J connectivity index is 2.58. The molecule has 104 valence electrons. The van der Waals surface area contributed by atoms with Crippen molar-refractivity contribution < 1.29 is 0 Å². The maximum atomic E-state index is 5.73. The van der Waals surface area contributed by atoms with Crippen LogP contribution in [0.15, 0.2) is 12.4 Å². The molecular formula is C14H28N4. The average Bonchev–Trinajstić information content (AvgIpc) is 2.85. The SMILES string of the molecule is CCCCC(CC)C(Cc1cnn(CC)c1)NN. The predicted molar refractivity (Wildman–Crippen MR) is 76.0 cm³/mol. The van der Waals surface area contributed by atoms with Crippen LogP contribution in [-0.4, -0.2) is 15.8 Å². The van der Waals surface area contributed by atoms with E-state index in [-0.39, 0.29) is 0 Å². The molecule has 2 unspecified atom stereocenters. The molecule has 1 rings (SSSR count). The number of aryl methyl sites for hydroxylation is 1. The topological polar surface area (TPSA) is 55.9 Å². The van der Waals surface area contributed by atoms with Crippen molar-refractivity contribution in [3.63, 3.8) is 0 Å². The molecule has 0 radical (unpaired) electrons. The van der Waals surface area contributed by atoms with Gasteiger partial charge < -0.3 is 0 Å². The van der Waals surface area contributed by atoms with Crippen LogP contribution in [0.3, 0.4) is 0 Å². The highest BCUT2D eigenvalue weighted by molar-refractivity contribution is 5.06. The summed E-state index contributed by atoms with van der Waals surface area (Å²) in [5, 5.41) is 4.32. The van der Waals surface area contributed by atoms with Crippen LogP contribution >= 0.6 is 0 Å². The zero-order chi connectivity index (χ0) is 13.4. The Morgan fingerprint density at radius 1 is 1.39 bits per heavy atom. The molecule has 0 saturated carbocycles. The molecule has 1 aromatic heterocycles. The zero-order valence-electron chi connectivity index (χ0n) is 12.0. The summed E-state index contributed by atoms with van der Waals surface area (Å²) in [5.41, 5.74) is 4.27. The maximum Gasteiger partial charge on any atom is 0.0522 e. The number of nitrogens with zero attached hydrogens (tertiary/aromatic N) is 2. The van der Waals surface area contributed by atoms with Crippen LogP contribution in [0.5, 0.6) is 0 Å². The number of nitrogens with one attached hydrogen (secondary N) is 1. The number of rotatable bonds is 9. The van der Waals surface area contributed by atoms with Gasteiger partial charge in [0.1, 0.15) is 0 Å². The largest absolute Gasteiger partial charge is 0.273 e. The van der Waals surface area contributed by atoms with Gasteiger partial charge in [-0.25, -0.2) is 0 Å². The van der Waals surface area contributed by atoms with E-state index >= 15 is 0 Å². The first-order valence-electron chi connectivity index (χ1n) is 7.22. The molecule has 0 aliphatic heterocycles. The van der Waals surface area contributed by atoms with E-state index in [9.17, 15) is 0 Å². The summed E-state index contributed by atoms with van der Waals surface area (Å²) >= 11 is 0. The first-order chi connectivity index (χ1) is 8.74. The van der Waals surface area contributed by atoms with E-state index in [4.69, 9.17) is 5.84 Å². The normalized spacial score (nSPS) is 14.7. The van der Waals surface area contributed by atoms with Crippen LogP contribution in [0.1, 0.15) is 52.0 Å². The lowest BCUT2D eigenvalue weighted by Crippen LogP contribution is -2.42. The zero-order valence-corrected chi connectivity index (χ0v) is 12.0. The predicted octanol–water partition coefficient (Wildman–Crippen LogP) is 2.49. The monoisotopic (exact) mass is 252 g/mol. The van der Waals surface area contributed by atoms with Crippen LogP contribution in [0, 0.1) is 5.92 Å². The average molecular weight is 252 g/mol. The summed E-state index contributed by atoms with van der Waals surface area (Å²) < 4.78 is 1.97. The molecule has 18 heavy (non-hydrogen) atoms. The highest BCUT2D eigenvalue weighted by atomic mass is 15.3. The van der Waals surface area contributed by atoms with Crippen LogP contribution in [0.4, 0.5) is 0 Å². The summed E-state index contributed by atoms with van der Waals surface area (Å²) in [6.45, 7) is 7.52. The minimum Gasteiger partial charge on any atom is -0.273 e. The van der Waals surface area contributed by atoms with Gasteiger partial charge in [-0.3, -0.25) is 16.0 Å². The van der Waals surface area contributed by atoms with E-state index < -0.39 is 0 Å². The number of hydrogen-bond donors (Lipinski definition) is 2. The van der Waals surface area contributed by atoms with Gasteiger partial charge in [0, 0.05) is 18.8 Å². The first-order valence-corrected chi connectivity index (χ1v) is 7.22. The number of nitrogens with two attached hydrogens (primary N) is 1. The summed E-state index contributed by atoms with van der Waals surface area (Å²) in [5.74, 6) is 6.38. The van der Waals surface area contributed by atoms with Crippen molar-refractivity contribution in [2.24, 2.45) is 11.8 Å². The van der Waals surface area contributed by atoms with Crippen LogP contribution in [-0.2, 0) is 13.0 Å². The Labute approximate surface area is 111 Å². The second kappa shape index (κ2) is 8.27. The molecular weight excluding hydrogens is 224 g/mol. The number of unbranched alkanes of at least 4 members (excludes halogenated alkanes) is 1. The molecule has 1 aromatic rings. The third-order valence-corrected chi connectivity index (χ3v) is 3.70. The summed E-state index contributed by atoms with van der Waals surface area (Å²) in [4.78, 5) is 0. The Morgan fingerprint density at radius 2 is 2.17 bits per heavy atom. The lowest BCUT2D eigenvalue weighted by atomic mass is 9.88. The van der Waals surface area contributed by atoms with Crippen molar-refractivity contribution in [2.75, 3.05) is 0 Å². The van der Waals surface area contributed by atoms with Gasteiger partial charge in [0.15, 0.2) is 0 Å². The molecule has 4 heteroatoms. The van der Waals surface area contributed by atoms with Gasteiger partial charge in [0.05, 0.1) is 6.20 Å². The van der Waals surface area contributed by atoms with Gasteiger partial charge in [-0.05, 0) is 31.2 Å². The van der Waals surface area contributed by atoms with Crippen LogP contribution < -0.4 is 11.3 Å². The lowest BCUT2D eigenvalue weighted by Gasteiger charge is -2.25. The molecule has 2 atom stereocenters. The van der Waals surface area contributed by atoms with Crippen molar-refractivity contribution >= 4 is 0 Å². The molecule has 0 amide bonds. The Kier molecular flexibility index (Phi) is 6.98. The fraction of sp³-hybridized carbons (Fsp3) is 0.786. The van der Waals surface area contributed by atoms with Crippen LogP contribution in [0.25, 0.3) is 0 Å². The van der Waals surface area contributed by atoms with Gasteiger partial charge in [-0.1, -0.05) is 33.1 Å². The molecule has 0 aliphatic rings. The van der Waals surface area contributed by atoms with Crippen molar-refractivity contribution in [1.29, 1.82) is 0 Å². The summed E-state index contributed by atoms with van der Waals surface area (Å²) in [6.07, 6.45) is 10.0. The standard InChI is InChI=1S/C14H28N4/c1-4-7-8-13(5-2)14(17-15)9-12-10-16-18(6-3)11-12/h10-11,13-14,17H,4-9,15H2,1-3H3. The van der Waals surface area contributed by atoms with Crippen molar-refractivity contribution in [1.82, 2.24) is 15.2 Å². The maximum absolute atomic E-state index is 5.73. The highest BCUT2D eigenvalue weighted by Gasteiger charge is 2.19. The quantitative estimate of drug-likeness (QED) is 0.524. The minimum atomic E-state index is 0.357. The molecule has 3 N–H and O–H groups in total. The van der Waals surface area contributed by atoms with Crippen molar-refractivity contribution in [2.45, 2.75) is 65.5 Å². The van der Waals surface area contributed by atoms with Crippen molar-refractivity contribution in [3.8, 4) is 0 Å². The third kappa shape index (κ3) is 4.42. The molecule has 0 spiro atoms. The molecule has 0 aromatic carbocycles. The minimum absolute atomic E-state index is 0.357. The van der Waals surface area contributed by atoms with E-state index in [1.807, 2.05) is 10.9 Å². The summed E-state index contributed by atoms with van der Waals surface area (Å²) in [6, 6.07) is 0.357. The Morgan fingerprint density at radius 3 is 2.67 bits per heavy atom. The fourth-order valence-corrected chi connectivity index (χ4v) is 2.46. The third-order valence-electron chi connectivity index (χ3n) is 3.70. The van der Waals surface area contributed by atoms with Crippen molar-refractivity contribution in [3.05, 3.63) is 18.0 Å². The highest BCUT2D eigenvalue weighted by Crippen LogP contribution is 2.19. The number of aromatic nitrogens is 2. The van der Waals surface area contributed by atoms with Gasteiger partial charge in [0.25, 0.3) is 0 Å². The van der Waals surface area contributed by atoms with E-state index in [2.05, 4.69) is 37.5 Å². The van der Waals surface area contributed by atoms with E-state index in [0.29, 0.717) is 12.0 Å². The molecule has 1 heterocycles. The van der Waals surface area contributed by atoms with Gasteiger partial charge >= 0.3 is 0 Å². The molecule has 0 aliphatic carbocycles. The lowest BCUT2D eigenvalue weighted by molar-refractivity contribution is 0.318. The Bertz CT molecular complexity index is 321. The molecule has 0 saturated heterocycles. The van der Waals surface area contributed by atoms with E-state index in [0.717, 1.165) is 13.0 Å². The molecule has 4 nitrogen and oxygen atoms in total. The second-order valence-electron chi connectivity index (χ2n) is 4.99. The van der Waals surface area contributed by atoms with Crippen LogP contribution in [0.2, 0.25) is 0 Å². The molecule has 0 fully saturated rings. The van der Waals surface area contributed by atoms with Gasteiger partial charge in [-0.15, -0.1) is 0 Å². The van der Waals surface area contributed by atoms with E-state index in [1.54, 1.807) is 0 Å². The first kappa shape index (κ1) is 15.2. The Hall–Kier alpha value is -0.870. The van der Waals surface area contributed by atoms with Gasteiger partial charge in [-0.2, -0.15) is 5.10 Å². The molecule has 0 bridgehead atoms. The second-order valence-corrected chi connectivity index (χ2v) is 4.99.